The maximum atomic E-state index is 11.0. The molecule has 1 unspecified atom stereocenters. The van der Waals surface area contributed by atoms with Crippen molar-refractivity contribution < 1.29 is 4.79 Å². The third-order valence-electron chi connectivity index (χ3n) is 2.67. The van der Waals surface area contributed by atoms with Crippen LogP contribution in [0, 0.1) is 0 Å². The second-order valence-corrected chi connectivity index (χ2v) is 4.79. The quantitative estimate of drug-likeness (QED) is 0.498. The van der Waals surface area contributed by atoms with Crippen LogP contribution in [0.25, 0.3) is 0 Å². The van der Waals surface area contributed by atoms with Crippen molar-refractivity contribution in [3.05, 3.63) is 16.1 Å². The minimum absolute atomic E-state index is 0.0625. The lowest BCUT2D eigenvalue weighted by molar-refractivity contribution is -0.122. The van der Waals surface area contributed by atoms with Crippen molar-refractivity contribution in [1.82, 2.24) is 10.3 Å². The summed E-state index contributed by atoms with van der Waals surface area (Å²) in [6.07, 6.45) is 1.22. The summed E-state index contributed by atoms with van der Waals surface area (Å²) in [6.45, 7) is 0.546. The van der Waals surface area contributed by atoms with Crippen LogP contribution >= 0.6 is 23.2 Å². The number of halogens is 2. The molecule has 1 aromatic heterocycles. The topological polar surface area (TPSA) is 92.1 Å². The largest absolute Gasteiger partial charge is 0.364 e. The van der Waals surface area contributed by atoms with E-state index < -0.39 is 0 Å². The fourth-order valence-corrected chi connectivity index (χ4v) is 2.19. The molecule has 2 heterocycles. The van der Waals surface area contributed by atoms with E-state index in [2.05, 4.69) is 21.0 Å². The van der Waals surface area contributed by atoms with E-state index in [1.807, 2.05) is 0 Å². The van der Waals surface area contributed by atoms with Crippen LogP contribution in [0.15, 0.2) is 6.07 Å². The van der Waals surface area contributed by atoms with Gasteiger partial charge in [-0.15, -0.1) is 0 Å². The van der Waals surface area contributed by atoms with E-state index in [1.54, 1.807) is 6.07 Å². The molecule has 0 spiro atoms. The van der Waals surface area contributed by atoms with Crippen LogP contribution in [0.1, 0.15) is 12.8 Å². The smallest absolute Gasteiger partial charge is 0.220 e. The molecule has 0 aromatic carbocycles. The van der Waals surface area contributed by atoms with Gasteiger partial charge in [-0.3, -0.25) is 4.79 Å². The van der Waals surface area contributed by atoms with Gasteiger partial charge in [0.1, 0.15) is 5.82 Å². The highest BCUT2D eigenvalue weighted by Crippen LogP contribution is 2.29. The Hall–Kier alpha value is -1.24. The summed E-state index contributed by atoms with van der Waals surface area (Å²) >= 11 is 11.9. The van der Waals surface area contributed by atoms with Gasteiger partial charge in [0.15, 0.2) is 5.82 Å². The molecule has 8 heteroatoms. The van der Waals surface area contributed by atoms with Crippen molar-refractivity contribution in [3.8, 4) is 0 Å². The summed E-state index contributed by atoms with van der Waals surface area (Å²) in [7, 11) is 0. The average Bonchev–Trinajstić information content (AvgIpc) is 2.35. The van der Waals surface area contributed by atoms with E-state index in [0.717, 1.165) is 6.42 Å². The van der Waals surface area contributed by atoms with Gasteiger partial charge < -0.3 is 16.1 Å². The minimum atomic E-state index is 0.0625. The predicted octanol–water partition coefficient (Wildman–Crippen LogP) is 1.36. The van der Waals surface area contributed by atoms with Gasteiger partial charge in [-0.05, 0) is 12.5 Å². The number of hydrogen-bond acceptors (Lipinski definition) is 5. The van der Waals surface area contributed by atoms with Crippen molar-refractivity contribution in [1.29, 1.82) is 0 Å². The van der Waals surface area contributed by atoms with Gasteiger partial charge in [-0.1, -0.05) is 23.2 Å². The molecule has 98 valence electrons. The first-order valence-corrected chi connectivity index (χ1v) is 6.21. The molecule has 1 fully saturated rings. The zero-order valence-electron chi connectivity index (χ0n) is 9.46. The summed E-state index contributed by atoms with van der Waals surface area (Å²) in [5, 5.41) is 6.70. The lowest BCUT2D eigenvalue weighted by atomic mass is 10.1. The number of rotatable bonds is 3. The maximum absolute atomic E-state index is 11.0. The van der Waals surface area contributed by atoms with E-state index >= 15 is 0 Å². The Kier molecular flexibility index (Phi) is 4.11. The Morgan fingerprint density at radius 2 is 2.11 bits per heavy atom. The van der Waals surface area contributed by atoms with Gasteiger partial charge >= 0.3 is 0 Å². The van der Waals surface area contributed by atoms with E-state index in [9.17, 15) is 4.79 Å². The van der Waals surface area contributed by atoms with Crippen molar-refractivity contribution in [3.63, 3.8) is 0 Å². The van der Waals surface area contributed by atoms with Gasteiger partial charge in [0.25, 0.3) is 0 Å². The molecule has 1 aliphatic heterocycles. The third kappa shape index (κ3) is 2.95. The number of aromatic nitrogens is 1. The van der Waals surface area contributed by atoms with Crippen LogP contribution in [-0.4, -0.2) is 23.5 Å². The number of carbonyl (C=O) groups is 1. The number of hydrazine groups is 1. The molecule has 0 bridgehead atoms. The molecule has 6 nitrogen and oxygen atoms in total. The first-order valence-electron chi connectivity index (χ1n) is 5.46. The predicted molar refractivity (Wildman–Crippen MR) is 71.7 cm³/mol. The number of pyridine rings is 1. The monoisotopic (exact) mass is 289 g/mol. The number of nitrogens with two attached hydrogens (primary N) is 1. The molecular weight excluding hydrogens is 277 g/mol. The minimum Gasteiger partial charge on any atom is -0.364 e. The highest BCUT2D eigenvalue weighted by molar-refractivity contribution is 6.37. The number of piperidine rings is 1. The van der Waals surface area contributed by atoms with Gasteiger partial charge in [-0.25, -0.2) is 10.8 Å². The van der Waals surface area contributed by atoms with E-state index in [4.69, 9.17) is 29.0 Å². The van der Waals surface area contributed by atoms with Crippen LogP contribution in [-0.2, 0) is 4.79 Å². The fourth-order valence-electron chi connectivity index (χ4n) is 1.72. The second kappa shape index (κ2) is 5.60. The number of hydrogen-bond donors (Lipinski definition) is 4. The van der Waals surface area contributed by atoms with E-state index in [-0.39, 0.29) is 11.9 Å². The Labute approximate surface area is 114 Å². The van der Waals surface area contributed by atoms with Crippen molar-refractivity contribution in [2.75, 3.05) is 17.3 Å². The summed E-state index contributed by atoms with van der Waals surface area (Å²) in [5.41, 5.74) is 2.40. The lowest BCUT2D eigenvalue weighted by Gasteiger charge is -2.24. The van der Waals surface area contributed by atoms with Gasteiger partial charge in [0, 0.05) is 19.0 Å². The number of nitrogen functional groups attached to an aromatic ring is 1. The molecule has 0 saturated carbocycles. The molecule has 0 radical (unpaired) electrons. The molecule has 1 aromatic rings. The summed E-state index contributed by atoms with van der Waals surface area (Å²) in [5.74, 6) is 6.20. The first kappa shape index (κ1) is 13.2. The number of nitrogens with one attached hydrogen (secondary N) is 3. The summed E-state index contributed by atoms with van der Waals surface area (Å²) in [4.78, 5) is 15.2. The Balaban J connectivity index is 2.11. The van der Waals surface area contributed by atoms with Crippen LogP contribution < -0.4 is 21.9 Å². The van der Waals surface area contributed by atoms with Crippen LogP contribution in [0.4, 0.5) is 11.6 Å². The highest BCUT2D eigenvalue weighted by Gasteiger charge is 2.19. The fraction of sp³-hybridized carbons (Fsp3) is 0.400. The van der Waals surface area contributed by atoms with E-state index in [1.165, 1.54) is 0 Å². The number of carbonyl (C=O) groups excluding carboxylic acids is 1. The molecule has 5 N–H and O–H groups in total. The normalized spacial score (nSPS) is 19.3. The standard InChI is InChI=1S/C10H13Cl2N5O/c11-6-3-7(12)10(17-13)16-9(6)15-5-1-2-8(18)14-4-5/h3,5H,1-2,4,13H2,(H,14,18)(H2,15,16,17). The summed E-state index contributed by atoms with van der Waals surface area (Å²) < 4.78 is 0. The first-order chi connectivity index (χ1) is 8.60. The molecule has 2 rings (SSSR count). The van der Waals surface area contributed by atoms with Crippen LogP contribution in [0.2, 0.25) is 10.0 Å². The Morgan fingerprint density at radius 1 is 1.39 bits per heavy atom. The van der Waals surface area contributed by atoms with Crippen molar-refractivity contribution in [2.24, 2.45) is 5.84 Å². The lowest BCUT2D eigenvalue weighted by Crippen LogP contribution is -2.42. The third-order valence-corrected chi connectivity index (χ3v) is 3.25. The SMILES string of the molecule is NNc1nc(NC2CCC(=O)NC2)c(Cl)cc1Cl. The van der Waals surface area contributed by atoms with Crippen molar-refractivity contribution >= 4 is 40.7 Å². The molecular formula is C10H13Cl2N5O. The van der Waals surface area contributed by atoms with Crippen molar-refractivity contribution in [2.45, 2.75) is 18.9 Å². The molecule has 1 saturated heterocycles. The van der Waals surface area contributed by atoms with Crippen LogP contribution in [0.3, 0.4) is 0 Å². The summed E-state index contributed by atoms with van der Waals surface area (Å²) in [6, 6.07) is 1.66. The average molecular weight is 290 g/mol. The maximum Gasteiger partial charge on any atom is 0.220 e. The molecule has 1 amide bonds. The Bertz CT molecular complexity index is 458. The highest BCUT2D eigenvalue weighted by atomic mass is 35.5. The zero-order chi connectivity index (χ0) is 13.1. The zero-order valence-corrected chi connectivity index (χ0v) is 11.0. The molecule has 1 aliphatic rings. The van der Waals surface area contributed by atoms with Gasteiger partial charge in [-0.2, -0.15) is 0 Å². The number of anilines is 2. The van der Waals surface area contributed by atoms with E-state index in [0.29, 0.717) is 34.6 Å². The Morgan fingerprint density at radius 3 is 2.72 bits per heavy atom. The number of nitrogens with zero attached hydrogens (tertiary/aromatic N) is 1. The molecule has 1 atom stereocenters. The van der Waals surface area contributed by atoms with Gasteiger partial charge in [0.2, 0.25) is 5.91 Å². The van der Waals surface area contributed by atoms with Crippen LogP contribution in [0.5, 0.6) is 0 Å². The second-order valence-electron chi connectivity index (χ2n) is 3.98. The number of amides is 1. The van der Waals surface area contributed by atoms with Gasteiger partial charge in [0.05, 0.1) is 10.0 Å². The molecule has 18 heavy (non-hydrogen) atoms. The molecule has 0 aliphatic carbocycles.